The van der Waals surface area contributed by atoms with Crippen LogP contribution in [0.3, 0.4) is 0 Å². The second-order valence-corrected chi connectivity index (χ2v) is 7.52. The van der Waals surface area contributed by atoms with Gasteiger partial charge in [0.25, 0.3) is 0 Å². The zero-order chi connectivity index (χ0) is 21.3. The third-order valence-electron chi connectivity index (χ3n) is 5.56. The van der Waals surface area contributed by atoms with Crippen molar-refractivity contribution in [1.82, 2.24) is 9.55 Å². The monoisotopic (exact) mass is 398 g/mol. The van der Waals surface area contributed by atoms with E-state index in [-0.39, 0.29) is 5.91 Å². The second-order valence-electron chi connectivity index (χ2n) is 7.52. The second kappa shape index (κ2) is 8.03. The van der Waals surface area contributed by atoms with Crippen LogP contribution < -0.4 is 10.2 Å². The van der Waals surface area contributed by atoms with E-state index in [0.29, 0.717) is 0 Å². The lowest BCUT2D eigenvalue weighted by Gasteiger charge is -2.16. The molecular formula is C25H26N4O. The van der Waals surface area contributed by atoms with Crippen LogP contribution in [0.4, 0.5) is 17.2 Å². The van der Waals surface area contributed by atoms with E-state index in [0.717, 1.165) is 45.8 Å². The van der Waals surface area contributed by atoms with Gasteiger partial charge < -0.3 is 14.8 Å². The molecule has 4 rings (SSSR count). The molecule has 0 atom stereocenters. The van der Waals surface area contributed by atoms with E-state index in [4.69, 9.17) is 0 Å². The van der Waals surface area contributed by atoms with Crippen molar-refractivity contribution >= 4 is 34.0 Å². The van der Waals surface area contributed by atoms with Crippen LogP contribution >= 0.6 is 0 Å². The van der Waals surface area contributed by atoms with E-state index in [2.05, 4.69) is 71.3 Å². The summed E-state index contributed by atoms with van der Waals surface area (Å²) in [7, 11) is 3.84. The lowest BCUT2D eigenvalue weighted by Crippen LogP contribution is -2.22. The molecule has 0 aliphatic carbocycles. The van der Waals surface area contributed by atoms with E-state index < -0.39 is 0 Å². The molecule has 5 nitrogen and oxygen atoms in total. The Hall–Kier alpha value is -3.60. The third kappa shape index (κ3) is 3.79. The number of nitrogens with zero attached hydrogens (tertiary/aromatic N) is 3. The highest BCUT2D eigenvalue weighted by Gasteiger charge is 2.12. The molecular weight excluding hydrogens is 372 g/mol. The molecule has 0 aliphatic rings. The zero-order valence-corrected chi connectivity index (χ0v) is 17.8. The summed E-state index contributed by atoms with van der Waals surface area (Å²) in [6.45, 7) is 3.72. The van der Waals surface area contributed by atoms with Crippen molar-refractivity contribution in [2.75, 3.05) is 17.3 Å². The lowest BCUT2D eigenvalue weighted by molar-refractivity contribution is -0.116. The minimum atomic E-state index is 0.0103. The number of amides is 1. The third-order valence-corrected chi connectivity index (χ3v) is 5.56. The van der Waals surface area contributed by atoms with Crippen molar-refractivity contribution in [3.05, 3.63) is 72.4 Å². The molecule has 30 heavy (non-hydrogen) atoms. The number of carbonyl (C=O) groups excluding carboxylic acids is 1. The van der Waals surface area contributed by atoms with Gasteiger partial charge in [-0.05, 0) is 42.3 Å². The van der Waals surface area contributed by atoms with Gasteiger partial charge in [-0.25, -0.2) is 4.98 Å². The van der Waals surface area contributed by atoms with Crippen molar-refractivity contribution in [3.63, 3.8) is 0 Å². The molecule has 2 heterocycles. The van der Waals surface area contributed by atoms with E-state index in [9.17, 15) is 4.79 Å². The number of anilines is 3. The highest BCUT2D eigenvalue weighted by Crippen LogP contribution is 2.30. The first-order valence-electron chi connectivity index (χ1n) is 10.1. The number of pyridine rings is 1. The standard InChI is InChI=1S/C25H26N4O/c1-5-18-9-11-21(12-10-18)27-25-15-24-20(16-26-25)14-23(29(24)4)19-7-6-8-22(13-19)28(3)17(2)30/h6-16H,5H2,1-4H3,(H,26,27). The van der Waals surface area contributed by atoms with Crippen molar-refractivity contribution in [3.8, 4) is 11.3 Å². The number of aryl methyl sites for hydroxylation is 2. The van der Waals surface area contributed by atoms with Gasteiger partial charge in [0, 0.05) is 61.3 Å². The Labute approximate surface area is 177 Å². The van der Waals surface area contributed by atoms with Crippen LogP contribution in [0.25, 0.3) is 22.2 Å². The number of hydrogen-bond donors (Lipinski definition) is 1. The van der Waals surface area contributed by atoms with Gasteiger partial charge in [-0.3, -0.25) is 4.79 Å². The molecule has 4 aromatic rings. The van der Waals surface area contributed by atoms with Gasteiger partial charge >= 0.3 is 0 Å². The zero-order valence-electron chi connectivity index (χ0n) is 17.8. The van der Waals surface area contributed by atoms with Crippen molar-refractivity contribution in [1.29, 1.82) is 0 Å². The smallest absolute Gasteiger partial charge is 0.223 e. The van der Waals surface area contributed by atoms with Crippen LogP contribution in [-0.4, -0.2) is 22.5 Å². The Morgan fingerprint density at radius 3 is 2.57 bits per heavy atom. The highest BCUT2D eigenvalue weighted by atomic mass is 16.2. The topological polar surface area (TPSA) is 50.2 Å². The Morgan fingerprint density at radius 2 is 1.87 bits per heavy atom. The normalized spacial score (nSPS) is 10.9. The summed E-state index contributed by atoms with van der Waals surface area (Å²) in [5, 5.41) is 4.47. The molecule has 2 aromatic heterocycles. The quantitative estimate of drug-likeness (QED) is 0.481. The van der Waals surface area contributed by atoms with Gasteiger partial charge in [0.05, 0.1) is 5.52 Å². The number of hydrogen-bond acceptors (Lipinski definition) is 3. The van der Waals surface area contributed by atoms with E-state index >= 15 is 0 Å². The molecule has 0 radical (unpaired) electrons. The van der Waals surface area contributed by atoms with E-state index in [1.807, 2.05) is 24.4 Å². The molecule has 0 bridgehead atoms. The largest absolute Gasteiger partial charge is 0.343 e. The number of benzene rings is 2. The number of rotatable bonds is 5. The number of aromatic nitrogens is 2. The summed E-state index contributed by atoms with van der Waals surface area (Å²) in [5.74, 6) is 0.820. The predicted molar refractivity (Wildman–Crippen MR) is 124 cm³/mol. The maximum Gasteiger partial charge on any atom is 0.223 e. The summed E-state index contributed by atoms with van der Waals surface area (Å²) < 4.78 is 2.16. The molecule has 1 N–H and O–H groups in total. The van der Waals surface area contributed by atoms with Crippen LogP contribution in [0.2, 0.25) is 0 Å². The molecule has 1 amide bonds. The summed E-state index contributed by atoms with van der Waals surface area (Å²) in [6.07, 6.45) is 2.92. The SMILES string of the molecule is CCc1ccc(Nc2cc3c(cn2)cc(-c2cccc(N(C)C(C)=O)c2)n3C)cc1. The first-order valence-corrected chi connectivity index (χ1v) is 10.1. The van der Waals surface area contributed by atoms with Gasteiger partial charge in [0.1, 0.15) is 5.82 Å². The molecule has 0 saturated carbocycles. The van der Waals surface area contributed by atoms with Gasteiger partial charge in [-0.15, -0.1) is 0 Å². The molecule has 0 unspecified atom stereocenters. The van der Waals surface area contributed by atoms with Crippen LogP contribution in [0, 0.1) is 0 Å². The lowest BCUT2D eigenvalue weighted by atomic mass is 10.1. The predicted octanol–water partition coefficient (Wildman–Crippen LogP) is 5.53. The van der Waals surface area contributed by atoms with Gasteiger partial charge in [0.15, 0.2) is 0 Å². The van der Waals surface area contributed by atoms with Crippen LogP contribution in [0.1, 0.15) is 19.4 Å². The fraction of sp³-hybridized carbons (Fsp3) is 0.200. The molecule has 0 saturated heterocycles. The molecule has 0 spiro atoms. The van der Waals surface area contributed by atoms with E-state index in [1.165, 1.54) is 5.56 Å². The molecule has 5 heteroatoms. The molecule has 2 aromatic carbocycles. The summed E-state index contributed by atoms with van der Waals surface area (Å²) in [6, 6.07) is 20.7. The fourth-order valence-electron chi connectivity index (χ4n) is 3.60. The van der Waals surface area contributed by atoms with Crippen molar-refractivity contribution < 1.29 is 4.79 Å². The Bertz CT molecular complexity index is 1210. The van der Waals surface area contributed by atoms with Gasteiger partial charge in [-0.2, -0.15) is 0 Å². The van der Waals surface area contributed by atoms with Crippen LogP contribution in [0.5, 0.6) is 0 Å². The number of carbonyl (C=O) groups is 1. The highest BCUT2D eigenvalue weighted by molar-refractivity contribution is 5.93. The maximum atomic E-state index is 11.7. The molecule has 0 aliphatic heterocycles. The molecule has 0 fully saturated rings. The first kappa shape index (κ1) is 19.7. The Morgan fingerprint density at radius 1 is 1.10 bits per heavy atom. The number of fused-ring (bicyclic) bond motifs is 1. The summed E-state index contributed by atoms with van der Waals surface area (Å²) in [4.78, 5) is 18.0. The fourth-order valence-corrected chi connectivity index (χ4v) is 3.60. The van der Waals surface area contributed by atoms with Crippen molar-refractivity contribution in [2.24, 2.45) is 7.05 Å². The van der Waals surface area contributed by atoms with Crippen LogP contribution in [-0.2, 0) is 18.3 Å². The van der Waals surface area contributed by atoms with Gasteiger partial charge in [0.2, 0.25) is 5.91 Å². The van der Waals surface area contributed by atoms with Crippen molar-refractivity contribution in [2.45, 2.75) is 20.3 Å². The Balaban J connectivity index is 1.67. The Kier molecular flexibility index (Phi) is 5.27. The van der Waals surface area contributed by atoms with Crippen LogP contribution in [0.15, 0.2) is 66.9 Å². The average molecular weight is 399 g/mol. The minimum absolute atomic E-state index is 0.0103. The molecule has 152 valence electrons. The summed E-state index contributed by atoms with van der Waals surface area (Å²) in [5.41, 5.74) is 6.44. The minimum Gasteiger partial charge on any atom is -0.343 e. The van der Waals surface area contributed by atoms with E-state index in [1.54, 1.807) is 18.9 Å². The average Bonchev–Trinajstić information content (AvgIpc) is 3.10. The first-order chi connectivity index (χ1) is 14.5. The number of nitrogens with one attached hydrogen (secondary N) is 1. The maximum absolute atomic E-state index is 11.7. The van der Waals surface area contributed by atoms with Gasteiger partial charge in [-0.1, -0.05) is 31.2 Å². The summed E-state index contributed by atoms with van der Waals surface area (Å²) >= 11 is 0.